The van der Waals surface area contributed by atoms with Crippen LogP contribution in [0, 0.1) is 6.92 Å². The molecule has 0 aliphatic rings. The molecule has 0 aliphatic heterocycles. The molecule has 108 valence electrons. The number of anilines is 1. The van der Waals surface area contributed by atoms with Gasteiger partial charge in [-0.25, -0.2) is 4.98 Å². The van der Waals surface area contributed by atoms with Gasteiger partial charge in [-0.1, -0.05) is 6.07 Å². The number of rotatable bonds is 3. The molecule has 21 heavy (non-hydrogen) atoms. The number of aromatic nitrogens is 4. The summed E-state index contributed by atoms with van der Waals surface area (Å²) in [6.45, 7) is 1.96. The summed E-state index contributed by atoms with van der Waals surface area (Å²) in [7, 11) is 5.46. The number of pyridine rings is 1. The number of H-pyrrole nitrogens is 1. The summed E-state index contributed by atoms with van der Waals surface area (Å²) in [6, 6.07) is 7.89. The number of fused-ring (bicyclic) bond motifs is 1. The molecule has 0 radical (unpaired) electrons. The lowest BCUT2D eigenvalue weighted by Crippen LogP contribution is -2.10. The van der Waals surface area contributed by atoms with Crippen LogP contribution in [0.5, 0.6) is 5.75 Å². The summed E-state index contributed by atoms with van der Waals surface area (Å²) in [5.74, 6) is 2.12. The molecular weight excluding hydrogens is 266 g/mol. The average Bonchev–Trinajstić information content (AvgIpc) is 2.95. The van der Waals surface area contributed by atoms with Crippen molar-refractivity contribution in [1.29, 1.82) is 0 Å². The van der Waals surface area contributed by atoms with Crippen LogP contribution in [0.25, 0.3) is 22.3 Å². The zero-order valence-corrected chi connectivity index (χ0v) is 12.5. The Bertz CT molecular complexity index is 794. The van der Waals surface area contributed by atoms with Gasteiger partial charge < -0.3 is 9.64 Å². The summed E-state index contributed by atoms with van der Waals surface area (Å²) >= 11 is 0. The quantitative estimate of drug-likeness (QED) is 0.799. The van der Waals surface area contributed by atoms with E-state index in [1.54, 1.807) is 7.11 Å². The van der Waals surface area contributed by atoms with E-state index >= 15 is 0 Å². The molecule has 0 bridgehead atoms. The second kappa shape index (κ2) is 5.05. The van der Waals surface area contributed by atoms with Crippen molar-refractivity contribution < 1.29 is 4.74 Å². The van der Waals surface area contributed by atoms with Crippen molar-refractivity contribution in [3.63, 3.8) is 0 Å². The van der Waals surface area contributed by atoms with E-state index in [2.05, 4.69) is 20.2 Å². The van der Waals surface area contributed by atoms with E-state index in [9.17, 15) is 0 Å². The minimum absolute atomic E-state index is 0.647. The van der Waals surface area contributed by atoms with Gasteiger partial charge in [0, 0.05) is 30.7 Å². The third-order valence-corrected chi connectivity index (χ3v) is 3.31. The number of aryl methyl sites for hydroxylation is 1. The van der Waals surface area contributed by atoms with Crippen LogP contribution in [0.3, 0.4) is 0 Å². The van der Waals surface area contributed by atoms with Crippen LogP contribution in [0.1, 0.15) is 5.69 Å². The summed E-state index contributed by atoms with van der Waals surface area (Å²) in [5, 5.41) is 8.16. The predicted octanol–water partition coefficient (Wildman–Crippen LogP) is 2.40. The monoisotopic (exact) mass is 283 g/mol. The minimum atomic E-state index is 0.647. The molecule has 0 saturated heterocycles. The van der Waals surface area contributed by atoms with E-state index in [1.165, 1.54) is 0 Å². The van der Waals surface area contributed by atoms with Gasteiger partial charge in [0.05, 0.1) is 7.11 Å². The van der Waals surface area contributed by atoms with E-state index in [4.69, 9.17) is 4.74 Å². The highest BCUT2D eigenvalue weighted by atomic mass is 16.5. The van der Waals surface area contributed by atoms with Crippen molar-refractivity contribution in [3.8, 4) is 17.1 Å². The second-order valence-electron chi connectivity index (χ2n) is 5.04. The molecular formula is C15H17N5O. The summed E-state index contributed by atoms with van der Waals surface area (Å²) < 4.78 is 5.40. The molecule has 0 unspecified atom stereocenters. The van der Waals surface area contributed by atoms with Crippen molar-refractivity contribution in [2.75, 3.05) is 26.1 Å². The lowest BCUT2D eigenvalue weighted by Gasteiger charge is -2.09. The number of benzene rings is 1. The van der Waals surface area contributed by atoms with Crippen LogP contribution >= 0.6 is 0 Å². The molecule has 0 aliphatic carbocycles. The summed E-state index contributed by atoms with van der Waals surface area (Å²) in [5.41, 5.74) is 2.74. The highest BCUT2D eigenvalue weighted by Crippen LogP contribution is 2.32. The molecule has 2 heterocycles. The first-order valence-corrected chi connectivity index (χ1v) is 6.64. The number of methoxy groups -OCH3 is 1. The van der Waals surface area contributed by atoms with Crippen molar-refractivity contribution in [2.45, 2.75) is 6.92 Å². The maximum atomic E-state index is 5.40. The fourth-order valence-electron chi connectivity index (χ4n) is 2.23. The Kier molecular flexibility index (Phi) is 3.21. The van der Waals surface area contributed by atoms with Crippen LogP contribution in [0.2, 0.25) is 0 Å². The Labute approximate surface area is 122 Å². The molecule has 6 heteroatoms. The first-order valence-electron chi connectivity index (χ1n) is 6.64. The fourth-order valence-corrected chi connectivity index (χ4v) is 2.23. The van der Waals surface area contributed by atoms with E-state index < -0.39 is 0 Å². The third kappa shape index (κ3) is 2.29. The van der Waals surface area contributed by atoms with Gasteiger partial charge in [-0.2, -0.15) is 4.98 Å². The maximum absolute atomic E-state index is 5.40. The van der Waals surface area contributed by atoms with Crippen LogP contribution in [-0.2, 0) is 0 Å². The van der Waals surface area contributed by atoms with Crippen LogP contribution < -0.4 is 9.64 Å². The normalized spacial score (nSPS) is 10.9. The molecule has 0 saturated carbocycles. The third-order valence-electron chi connectivity index (χ3n) is 3.31. The van der Waals surface area contributed by atoms with Crippen molar-refractivity contribution >= 4 is 16.9 Å². The van der Waals surface area contributed by atoms with Gasteiger partial charge in [-0.05, 0) is 25.1 Å². The van der Waals surface area contributed by atoms with Gasteiger partial charge in [0.1, 0.15) is 11.3 Å². The molecule has 1 aromatic carbocycles. The summed E-state index contributed by atoms with van der Waals surface area (Å²) in [6.07, 6.45) is 0. The molecule has 0 spiro atoms. The Morgan fingerprint density at radius 3 is 2.57 bits per heavy atom. The van der Waals surface area contributed by atoms with Gasteiger partial charge in [0.15, 0.2) is 5.82 Å². The number of hydrogen-bond donors (Lipinski definition) is 1. The lowest BCUT2D eigenvalue weighted by atomic mass is 10.1. The van der Waals surface area contributed by atoms with Crippen molar-refractivity contribution in [1.82, 2.24) is 20.2 Å². The van der Waals surface area contributed by atoms with Crippen LogP contribution in [0.4, 0.5) is 5.95 Å². The smallest absolute Gasteiger partial charge is 0.244 e. The number of hydrogen-bond acceptors (Lipinski definition) is 5. The Balaban J connectivity index is 2.23. The molecule has 2 aromatic heterocycles. The topological polar surface area (TPSA) is 66.9 Å². The first kappa shape index (κ1) is 13.4. The standard InChI is InChI=1S/C15H17N5O/c1-9-5-6-10-11(7-8-12(21-4)13(10)16-9)14-17-15(19-18-14)20(2)3/h5-8H,1-4H3,(H,17,18,19). The van der Waals surface area contributed by atoms with Gasteiger partial charge in [-0.3, -0.25) is 5.10 Å². The maximum Gasteiger partial charge on any atom is 0.244 e. The number of ether oxygens (including phenoxy) is 1. The molecule has 0 fully saturated rings. The van der Waals surface area contributed by atoms with Crippen LogP contribution in [-0.4, -0.2) is 41.4 Å². The van der Waals surface area contributed by atoms with Gasteiger partial charge in [0.2, 0.25) is 5.95 Å². The SMILES string of the molecule is COc1ccc(-c2nc(N(C)C)n[nH]2)c2ccc(C)nc12. The van der Waals surface area contributed by atoms with E-state index in [1.807, 2.05) is 50.2 Å². The van der Waals surface area contributed by atoms with Crippen molar-refractivity contribution in [3.05, 3.63) is 30.0 Å². The number of nitrogens with zero attached hydrogens (tertiary/aromatic N) is 4. The van der Waals surface area contributed by atoms with E-state index in [-0.39, 0.29) is 0 Å². The number of nitrogens with one attached hydrogen (secondary N) is 1. The second-order valence-corrected chi connectivity index (χ2v) is 5.04. The number of aromatic amines is 1. The molecule has 6 nitrogen and oxygen atoms in total. The summed E-state index contributed by atoms with van der Waals surface area (Å²) in [4.78, 5) is 10.9. The molecule has 3 rings (SSSR count). The Hall–Kier alpha value is -2.63. The fraction of sp³-hybridized carbons (Fsp3) is 0.267. The molecule has 1 N–H and O–H groups in total. The molecule has 3 aromatic rings. The first-order chi connectivity index (χ1) is 10.1. The Morgan fingerprint density at radius 2 is 1.90 bits per heavy atom. The van der Waals surface area contributed by atoms with Gasteiger partial charge in [0.25, 0.3) is 0 Å². The van der Waals surface area contributed by atoms with Gasteiger partial charge >= 0.3 is 0 Å². The zero-order valence-electron chi connectivity index (χ0n) is 12.5. The molecule has 0 atom stereocenters. The predicted molar refractivity (Wildman–Crippen MR) is 82.7 cm³/mol. The highest BCUT2D eigenvalue weighted by Gasteiger charge is 2.13. The van der Waals surface area contributed by atoms with Crippen LogP contribution in [0.15, 0.2) is 24.3 Å². The minimum Gasteiger partial charge on any atom is -0.494 e. The zero-order chi connectivity index (χ0) is 15.0. The van der Waals surface area contributed by atoms with Crippen molar-refractivity contribution in [2.24, 2.45) is 0 Å². The average molecular weight is 283 g/mol. The largest absolute Gasteiger partial charge is 0.494 e. The van der Waals surface area contributed by atoms with E-state index in [0.717, 1.165) is 33.7 Å². The molecule has 0 amide bonds. The lowest BCUT2D eigenvalue weighted by molar-refractivity contribution is 0.419. The highest BCUT2D eigenvalue weighted by molar-refractivity contribution is 5.96. The van der Waals surface area contributed by atoms with Gasteiger partial charge in [-0.15, -0.1) is 5.10 Å². The Morgan fingerprint density at radius 1 is 1.10 bits per heavy atom. The van der Waals surface area contributed by atoms with E-state index in [0.29, 0.717) is 5.95 Å².